The summed E-state index contributed by atoms with van der Waals surface area (Å²) in [4.78, 5) is 32.7. The van der Waals surface area contributed by atoms with Gasteiger partial charge in [-0.3, -0.25) is 9.79 Å². The van der Waals surface area contributed by atoms with Gasteiger partial charge < -0.3 is 20.7 Å². The number of benzene rings is 1. The van der Waals surface area contributed by atoms with Crippen LogP contribution >= 0.6 is 11.8 Å². The number of amides is 1. The molecule has 4 heterocycles. The Morgan fingerprint density at radius 1 is 1.28 bits per heavy atom. The molecule has 200 valence electrons. The summed E-state index contributed by atoms with van der Waals surface area (Å²) in [7, 11) is 0. The van der Waals surface area contributed by atoms with E-state index in [1.165, 1.54) is 30.4 Å². The van der Waals surface area contributed by atoms with E-state index in [1.807, 2.05) is 4.90 Å². The Bertz CT molecular complexity index is 1570. The number of likely N-dealkylation sites (tertiary alicyclic amines) is 1. The molecule has 3 atom stereocenters. The fourth-order valence-electron chi connectivity index (χ4n) is 5.63. The van der Waals surface area contributed by atoms with Gasteiger partial charge in [-0.25, -0.2) is 23.7 Å². The number of ether oxygens (including phenoxy) is 1. The lowest BCUT2D eigenvalue weighted by molar-refractivity contribution is -0.130. The van der Waals surface area contributed by atoms with Crippen LogP contribution in [0.5, 0.6) is 5.75 Å². The van der Waals surface area contributed by atoms with E-state index in [4.69, 9.17) is 16.9 Å². The molecule has 0 radical (unpaired) electrons. The predicted octanol–water partition coefficient (Wildman–Crippen LogP) is 3.72. The van der Waals surface area contributed by atoms with Crippen molar-refractivity contribution in [1.29, 1.82) is 0 Å². The van der Waals surface area contributed by atoms with E-state index in [1.54, 1.807) is 13.0 Å². The number of halogens is 2. The van der Waals surface area contributed by atoms with Gasteiger partial charge in [0.25, 0.3) is 0 Å². The minimum atomic E-state index is -1.23. The highest BCUT2D eigenvalue weighted by Crippen LogP contribution is 2.66. The molecular weight excluding hydrogens is 524 g/mol. The lowest BCUT2D eigenvalue weighted by atomic mass is 9.85. The van der Waals surface area contributed by atoms with Crippen molar-refractivity contribution in [2.24, 2.45) is 16.6 Å². The number of nitrogens with one attached hydrogen (secondary N) is 1. The molecule has 0 bridgehead atoms. The van der Waals surface area contributed by atoms with Gasteiger partial charge in [0.15, 0.2) is 22.6 Å². The van der Waals surface area contributed by atoms with Gasteiger partial charge in [0.1, 0.15) is 28.9 Å². The zero-order valence-corrected chi connectivity index (χ0v) is 21.9. The van der Waals surface area contributed by atoms with Gasteiger partial charge in [0.05, 0.1) is 17.3 Å². The van der Waals surface area contributed by atoms with Gasteiger partial charge in [-0.1, -0.05) is 17.7 Å². The number of hydrogen-bond acceptors (Lipinski definition) is 9. The number of pyridine rings is 1. The summed E-state index contributed by atoms with van der Waals surface area (Å²) in [6.07, 6.45) is 10.4. The second kappa shape index (κ2) is 9.34. The number of rotatable bonds is 6. The van der Waals surface area contributed by atoms with Crippen molar-refractivity contribution in [3.8, 4) is 18.1 Å². The van der Waals surface area contributed by atoms with Crippen LogP contribution in [0.4, 0.5) is 20.3 Å². The van der Waals surface area contributed by atoms with Crippen molar-refractivity contribution in [3.05, 3.63) is 47.9 Å². The summed E-state index contributed by atoms with van der Waals surface area (Å²) in [6.45, 7) is 3.19. The van der Waals surface area contributed by atoms with E-state index in [0.29, 0.717) is 36.3 Å². The Hall–Kier alpha value is -3.98. The first-order chi connectivity index (χ1) is 18.7. The Labute approximate surface area is 227 Å². The first-order valence-corrected chi connectivity index (χ1v) is 13.3. The summed E-state index contributed by atoms with van der Waals surface area (Å²) < 4.78 is 35.0. The molecule has 0 spiro atoms. The van der Waals surface area contributed by atoms with Crippen LogP contribution in [0, 0.1) is 29.9 Å². The SMILES string of the molecule is C#CCOc1cnc2c(Nc3cc(F)c(F)c([C@@]4(C)N=C(N)S[C@@]5(C(=O)N6CCCC6)C[C@H]54)c3)ncnc2c1. The molecule has 2 fully saturated rings. The third-order valence-corrected chi connectivity index (χ3v) is 8.87. The monoisotopic (exact) mass is 549 g/mol. The number of nitrogens with zero attached hydrogens (tertiary/aromatic N) is 5. The highest BCUT2D eigenvalue weighted by Gasteiger charge is 2.71. The number of amidine groups is 1. The van der Waals surface area contributed by atoms with E-state index in [0.717, 1.165) is 18.9 Å². The molecule has 1 amide bonds. The lowest BCUT2D eigenvalue weighted by Crippen LogP contribution is -2.45. The van der Waals surface area contributed by atoms with Crippen molar-refractivity contribution < 1.29 is 18.3 Å². The Kier molecular flexibility index (Phi) is 6.06. The van der Waals surface area contributed by atoms with Gasteiger partial charge >= 0.3 is 0 Å². The standard InChI is InChI=1S/C27H25F2N7O2S/c1-3-8-38-16-11-19-22(31-13-16)23(33-14-32-19)34-15-9-17(21(29)18(28)10-15)26(2)20-12-27(20,39-25(30)35-26)24(37)36-6-4-5-7-36/h1,9-11,13-14,20H,4-8,12H2,2H3,(H2,30,35)(H,32,33,34)/t20-,26+,27-/m0/s1. The van der Waals surface area contributed by atoms with E-state index < -0.39 is 21.9 Å². The number of anilines is 2. The van der Waals surface area contributed by atoms with E-state index in [2.05, 4.69) is 31.2 Å². The molecule has 39 heavy (non-hydrogen) atoms. The van der Waals surface area contributed by atoms with Gasteiger partial charge in [0.2, 0.25) is 5.91 Å². The average Bonchev–Trinajstić information content (AvgIpc) is 3.42. The fraction of sp³-hybridized carbons (Fsp3) is 0.370. The molecule has 1 aliphatic carbocycles. The molecule has 3 aliphatic rings. The molecule has 3 N–H and O–H groups in total. The molecule has 1 saturated heterocycles. The van der Waals surface area contributed by atoms with Crippen LogP contribution in [0.3, 0.4) is 0 Å². The van der Waals surface area contributed by atoms with Crippen LogP contribution in [0.15, 0.2) is 35.7 Å². The highest BCUT2D eigenvalue weighted by atomic mass is 32.2. The highest BCUT2D eigenvalue weighted by molar-refractivity contribution is 8.15. The molecule has 9 nitrogen and oxygen atoms in total. The number of aromatic nitrogens is 3. The van der Waals surface area contributed by atoms with Crippen LogP contribution in [-0.2, 0) is 10.3 Å². The van der Waals surface area contributed by atoms with Crippen LogP contribution < -0.4 is 15.8 Å². The number of hydrogen-bond donors (Lipinski definition) is 2. The minimum absolute atomic E-state index is 0.00152. The normalized spacial score (nSPS) is 25.5. The van der Waals surface area contributed by atoms with Crippen LogP contribution in [0.1, 0.15) is 31.7 Å². The summed E-state index contributed by atoms with van der Waals surface area (Å²) >= 11 is 1.24. The minimum Gasteiger partial charge on any atom is -0.479 e. The van der Waals surface area contributed by atoms with E-state index in [-0.39, 0.29) is 40.7 Å². The molecular formula is C27H25F2N7O2S. The summed E-state index contributed by atoms with van der Waals surface area (Å²) in [6, 6.07) is 4.19. The Morgan fingerprint density at radius 3 is 2.85 bits per heavy atom. The third kappa shape index (κ3) is 4.21. The average molecular weight is 550 g/mol. The van der Waals surface area contributed by atoms with Crippen molar-refractivity contribution >= 4 is 45.4 Å². The number of terminal acetylenes is 1. The lowest BCUT2D eigenvalue weighted by Gasteiger charge is -2.35. The van der Waals surface area contributed by atoms with Crippen molar-refractivity contribution in [3.63, 3.8) is 0 Å². The second-order valence-electron chi connectivity index (χ2n) is 10.0. The van der Waals surface area contributed by atoms with Gasteiger partial charge in [0, 0.05) is 42.4 Å². The number of fused-ring (bicyclic) bond motifs is 2. The third-order valence-electron chi connectivity index (χ3n) is 7.58. The largest absolute Gasteiger partial charge is 0.479 e. The van der Waals surface area contributed by atoms with Crippen molar-refractivity contribution in [2.45, 2.75) is 36.5 Å². The van der Waals surface area contributed by atoms with Crippen LogP contribution in [0.2, 0.25) is 0 Å². The predicted molar refractivity (Wildman–Crippen MR) is 145 cm³/mol. The summed E-state index contributed by atoms with van der Waals surface area (Å²) in [5, 5.41) is 3.22. The number of carbonyl (C=O) groups is 1. The first-order valence-electron chi connectivity index (χ1n) is 12.5. The topological polar surface area (TPSA) is 119 Å². The molecule has 2 aliphatic heterocycles. The van der Waals surface area contributed by atoms with E-state index >= 15 is 8.78 Å². The first kappa shape index (κ1) is 25.3. The smallest absolute Gasteiger partial charge is 0.239 e. The zero-order valence-electron chi connectivity index (χ0n) is 21.1. The van der Waals surface area contributed by atoms with Crippen LogP contribution in [0.25, 0.3) is 11.0 Å². The van der Waals surface area contributed by atoms with Crippen molar-refractivity contribution in [2.75, 3.05) is 25.0 Å². The molecule has 0 unspecified atom stereocenters. The maximum Gasteiger partial charge on any atom is 0.239 e. The van der Waals surface area contributed by atoms with Gasteiger partial charge in [-0.2, -0.15) is 0 Å². The number of carbonyl (C=O) groups excluding carboxylic acids is 1. The molecule has 3 aromatic rings. The van der Waals surface area contributed by atoms with Gasteiger partial charge in [-0.15, -0.1) is 6.42 Å². The number of thioether (sulfide) groups is 1. The number of aliphatic imine (C=N–C) groups is 1. The van der Waals surface area contributed by atoms with Crippen LogP contribution in [-0.4, -0.2) is 55.4 Å². The Morgan fingerprint density at radius 2 is 2.08 bits per heavy atom. The molecule has 2 aromatic heterocycles. The molecule has 6 rings (SSSR count). The van der Waals surface area contributed by atoms with Gasteiger partial charge in [-0.05, 0) is 32.3 Å². The Balaban J connectivity index is 1.35. The maximum atomic E-state index is 15.4. The summed E-state index contributed by atoms with van der Waals surface area (Å²) in [5.74, 6) is 0.696. The van der Waals surface area contributed by atoms with E-state index in [9.17, 15) is 4.79 Å². The number of nitrogens with two attached hydrogens (primary N) is 1. The quantitative estimate of drug-likeness (QED) is 0.447. The zero-order chi connectivity index (χ0) is 27.4. The molecule has 1 aromatic carbocycles. The fourth-order valence-corrected chi connectivity index (χ4v) is 7.08. The summed E-state index contributed by atoms with van der Waals surface area (Å²) in [5.41, 5.74) is 6.10. The molecule has 1 saturated carbocycles. The second-order valence-corrected chi connectivity index (χ2v) is 11.4. The molecule has 12 heteroatoms. The maximum absolute atomic E-state index is 15.4. The van der Waals surface area contributed by atoms with Crippen molar-refractivity contribution in [1.82, 2.24) is 19.9 Å².